The van der Waals surface area contributed by atoms with Gasteiger partial charge in [0.05, 0.1) is 24.2 Å². The molecule has 4 aromatic rings. The molecular formula is C26H25NO5S. The molecule has 0 aliphatic heterocycles. The van der Waals surface area contributed by atoms with E-state index in [1.807, 2.05) is 42.7 Å². The Balaban J connectivity index is 1.61. The van der Waals surface area contributed by atoms with E-state index in [9.17, 15) is 13.2 Å². The summed E-state index contributed by atoms with van der Waals surface area (Å²) in [6.07, 6.45) is 0. The molecule has 0 fully saturated rings. The van der Waals surface area contributed by atoms with E-state index >= 15 is 0 Å². The highest BCUT2D eigenvalue weighted by atomic mass is 32.2. The summed E-state index contributed by atoms with van der Waals surface area (Å²) >= 11 is 0. The summed E-state index contributed by atoms with van der Waals surface area (Å²) in [7, 11) is -2.29. The molecule has 0 atom stereocenters. The normalized spacial score (nSPS) is 11.6. The molecule has 1 aromatic heterocycles. The molecule has 170 valence electrons. The fourth-order valence-electron chi connectivity index (χ4n) is 3.90. The Kier molecular flexibility index (Phi) is 6.35. The first-order valence-corrected chi connectivity index (χ1v) is 12.0. The topological polar surface area (TPSA) is 74.6 Å². The van der Waals surface area contributed by atoms with Crippen molar-refractivity contribution in [1.29, 1.82) is 0 Å². The molecule has 7 heteroatoms. The average Bonchev–Trinajstić information content (AvgIpc) is 3.10. The number of benzene rings is 3. The number of carbonyl (C=O) groups excluding carboxylic acids is 1. The summed E-state index contributed by atoms with van der Waals surface area (Å²) in [6.45, 7) is 3.99. The standard InChI is InChI=1S/C26H25NO5S/c1-18-8-14-22(15-9-18)33(29,30)32-17-16-27-19(2)25(23-6-4-5-7-24(23)27)26(28)20-10-12-21(31-3)13-11-20/h4-15H,16-17H2,1-3H3. The summed E-state index contributed by atoms with van der Waals surface area (Å²) < 4.78 is 37.5. The third-order valence-electron chi connectivity index (χ3n) is 5.67. The third-order valence-corrected chi connectivity index (χ3v) is 7.00. The molecule has 6 nitrogen and oxygen atoms in total. The summed E-state index contributed by atoms with van der Waals surface area (Å²) in [6, 6.07) is 21.1. The van der Waals surface area contributed by atoms with Crippen molar-refractivity contribution in [2.45, 2.75) is 25.3 Å². The fourth-order valence-corrected chi connectivity index (χ4v) is 4.80. The maximum absolute atomic E-state index is 13.4. The van der Waals surface area contributed by atoms with Crippen LogP contribution in [0.4, 0.5) is 0 Å². The van der Waals surface area contributed by atoms with E-state index in [1.165, 1.54) is 12.1 Å². The van der Waals surface area contributed by atoms with Crippen molar-refractivity contribution in [2.24, 2.45) is 0 Å². The van der Waals surface area contributed by atoms with Gasteiger partial charge in [0.1, 0.15) is 5.75 Å². The zero-order chi connectivity index (χ0) is 23.6. The summed E-state index contributed by atoms with van der Waals surface area (Å²) in [5.74, 6) is 0.580. The predicted octanol–water partition coefficient (Wildman–Crippen LogP) is 4.90. The number of aromatic nitrogens is 1. The van der Waals surface area contributed by atoms with E-state index in [1.54, 1.807) is 43.5 Å². The number of methoxy groups -OCH3 is 1. The average molecular weight is 464 g/mol. The van der Waals surface area contributed by atoms with Crippen molar-refractivity contribution in [3.63, 3.8) is 0 Å². The van der Waals surface area contributed by atoms with Crippen LogP contribution in [0.15, 0.2) is 77.7 Å². The Hall–Kier alpha value is -3.42. The number of fused-ring (bicyclic) bond motifs is 1. The molecule has 0 bridgehead atoms. The molecular weight excluding hydrogens is 438 g/mol. The van der Waals surface area contributed by atoms with E-state index in [0.29, 0.717) is 16.9 Å². The van der Waals surface area contributed by atoms with Gasteiger partial charge in [0, 0.05) is 28.7 Å². The molecule has 0 saturated heterocycles. The Bertz CT molecular complexity index is 1400. The Morgan fingerprint density at radius 1 is 0.909 bits per heavy atom. The largest absolute Gasteiger partial charge is 0.497 e. The Labute approximate surface area is 193 Å². The van der Waals surface area contributed by atoms with Gasteiger partial charge in [-0.05, 0) is 56.3 Å². The maximum Gasteiger partial charge on any atom is 0.297 e. The van der Waals surface area contributed by atoms with E-state index in [-0.39, 0.29) is 23.8 Å². The molecule has 0 aliphatic carbocycles. The second-order valence-corrected chi connectivity index (χ2v) is 9.39. The quantitative estimate of drug-likeness (QED) is 0.274. The number of hydrogen-bond acceptors (Lipinski definition) is 5. The molecule has 4 rings (SSSR count). The number of carbonyl (C=O) groups is 1. The number of ketones is 1. The van der Waals surface area contributed by atoms with Gasteiger partial charge < -0.3 is 9.30 Å². The molecule has 0 unspecified atom stereocenters. The SMILES string of the molecule is COc1ccc(C(=O)c2c(C)n(CCOS(=O)(=O)c3ccc(C)cc3)c3ccccc23)cc1. The number of hydrogen-bond donors (Lipinski definition) is 0. The molecule has 0 amide bonds. The van der Waals surface area contributed by atoms with Crippen LogP contribution in [0.2, 0.25) is 0 Å². The molecule has 0 radical (unpaired) electrons. The van der Waals surface area contributed by atoms with Gasteiger partial charge in [-0.2, -0.15) is 8.42 Å². The summed E-state index contributed by atoms with van der Waals surface area (Å²) in [4.78, 5) is 13.5. The van der Waals surface area contributed by atoms with Crippen molar-refractivity contribution in [2.75, 3.05) is 13.7 Å². The number of aryl methyl sites for hydroxylation is 1. The lowest BCUT2D eigenvalue weighted by Gasteiger charge is -2.10. The van der Waals surface area contributed by atoms with Crippen LogP contribution in [-0.2, 0) is 20.8 Å². The van der Waals surface area contributed by atoms with E-state index < -0.39 is 10.1 Å². The highest BCUT2D eigenvalue weighted by molar-refractivity contribution is 7.86. The summed E-state index contributed by atoms with van der Waals surface area (Å²) in [5.41, 5.74) is 3.73. The summed E-state index contributed by atoms with van der Waals surface area (Å²) in [5, 5.41) is 0.817. The molecule has 0 saturated carbocycles. The molecule has 0 aliphatic rings. The number of rotatable bonds is 8. The number of ether oxygens (including phenoxy) is 1. The van der Waals surface area contributed by atoms with Gasteiger partial charge in [0.2, 0.25) is 0 Å². The first-order chi connectivity index (χ1) is 15.8. The molecule has 33 heavy (non-hydrogen) atoms. The van der Waals surface area contributed by atoms with Gasteiger partial charge in [-0.3, -0.25) is 8.98 Å². The van der Waals surface area contributed by atoms with Crippen molar-refractivity contribution in [1.82, 2.24) is 4.57 Å². The second kappa shape index (κ2) is 9.21. The van der Waals surface area contributed by atoms with Gasteiger partial charge in [-0.1, -0.05) is 35.9 Å². The highest BCUT2D eigenvalue weighted by Crippen LogP contribution is 2.29. The van der Waals surface area contributed by atoms with Gasteiger partial charge in [-0.25, -0.2) is 0 Å². The van der Waals surface area contributed by atoms with Crippen LogP contribution in [0.1, 0.15) is 27.2 Å². The minimum atomic E-state index is -3.86. The monoisotopic (exact) mass is 463 g/mol. The van der Waals surface area contributed by atoms with Crippen LogP contribution in [0.3, 0.4) is 0 Å². The van der Waals surface area contributed by atoms with Crippen LogP contribution in [0, 0.1) is 13.8 Å². The molecule has 0 spiro atoms. The van der Waals surface area contributed by atoms with Crippen LogP contribution < -0.4 is 4.74 Å². The van der Waals surface area contributed by atoms with Crippen molar-refractivity contribution >= 4 is 26.8 Å². The molecule has 3 aromatic carbocycles. The minimum absolute atomic E-state index is 0.0497. The van der Waals surface area contributed by atoms with Crippen LogP contribution in [0.5, 0.6) is 5.75 Å². The van der Waals surface area contributed by atoms with Crippen molar-refractivity contribution in [3.05, 3.63) is 95.2 Å². The van der Waals surface area contributed by atoms with E-state index in [2.05, 4.69) is 0 Å². The second-order valence-electron chi connectivity index (χ2n) is 7.78. The number of para-hydroxylation sites is 1. The molecule has 1 heterocycles. The molecule has 0 N–H and O–H groups in total. The third kappa shape index (κ3) is 4.55. The maximum atomic E-state index is 13.4. The Morgan fingerprint density at radius 3 is 2.24 bits per heavy atom. The lowest BCUT2D eigenvalue weighted by Crippen LogP contribution is -2.13. The van der Waals surface area contributed by atoms with Crippen molar-refractivity contribution < 1.29 is 22.1 Å². The first kappa shape index (κ1) is 22.8. The minimum Gasteiger partial charge on any atom is -0.497 e. The Morgan fingerprint density at radius 2 is 1.58 bits per heavy atom. The zero-order valence-electron chi connectivity index (χ0n) is 18.7. The predicted molar refractivity (Wildman–Crippen MR) is 127 cm³/mol. The van der Waals surface area contributed by atoms with E-state index in [4.69, 9.17) is 8.92 Å². The van der Waals surface area contributed by atoms with Gasteiger partial charge in [-0.15, -0.1) is 0 Å². The number of nitrogens with zero attached hydrogens (tertiary/aromatic N) is 1. The fraction of sp³-hybridized carbons (Fsp3) is 0.192. The van der Waals surface area contributed by atoms with Gasteiger partial charge in [0.25, 0.3) is 10.1 Å². The van der Waals surface area contributed by atoms with E-state index in [0.717, 1.165) is 22.2 Å². The lowest BCUT2D eigenvalue weighted by atomic mass is 10.0. The van der Waals surface area contributed by atoms with Crippen LogP contribution in [-0.4, -0.2) is 32.5 Å². The van der Waals surface area contributed by atoms with Gasteiger partial charge in [0.15, 0.2) is 5.78 Å². The van der Waals surface area contributed by atoms with Crippen LogP contribution >= 0.6 is 0 Å². The first-order valence-electron chi connectivity index (χ1n) is 10.5. The highest BCUT2D eigenvalue weighted by Gasteiger charge is 2.22. The van der Waals surface area contributed by atoms with Crippen LogP contribution in [0.25, 0.3) is 10.9 Å². The van der Waals surface area contributed by atoms with Gasteiger partial charge >= 0.3 is 0 Å². The zero-order valence-corrected chi connectivity index (χ0v) is 19.6. The lowest BCUT2D eigenvalue weighted by molar-refractivity contribution is 0.103. The smallest absolute Gasteiger partial charge is 0.297 e. The van der Waals surface area contributed by atoms with Crippen molar-refractivity contribution in [3.8, 4) is 5.75 Å².